The summed E-state index contributed by atoms with van der Waals surface area (Å²) < 4.78 is 5.24. The highest BCUT2D eigenvalue weighted by Crippen LogP contribution is 2.44. The van der Waals surface area contributed by atoms with E-state index in [0.29, 0.717) is 0 Å². The molecule has 29 heavy (non-hydrogen) atoms. The van der Waals surface area contributed by atoms with Crippen LogP contribution < -0.4 is 9.64 Å². The van der Waals surface area contributed by atoms with Crippen molar-refractivity contribution in [2.45, 2.75) is 13.0 Å². The average Bonchev–Trinajstić information content (AvgIpc) is 2.78. The SMILES string of the molecule is COc1ccc(N2C(=O)/C(=C(\C)C=Nc3ccccc3)C2c2ccccc2)cc1. The van der Waals surface area contributed by atoms with Crippen LogP contribution in [0.25, 0.3) is 0 Å². The summed E-state index contributed by atoms with van der Waals surface area (Å²) in [4.78, 5) is 19.5. The topological polar surface area (TPSA) is 41.9 Å². The molecule has 1 saturated heterocycles. The van der Waals surface area contributed by atoms with Gasteiger partial charge < -0.3 is 4.74 Å². The molecule has 0 bridgehead atoms. The van der Waals surface area contributed by atoms with Crippen molar-refractivity contribution >= 4 is 23.5 Å². The van der Waals surface area contributed by atoms with Crippen LogP contribution in [0.5, 0.6) is 5.75 Å². The Morgan fingerprint density at radius 3 is 2.17 bits per heavy atom. The number of carbonyl (C=O) groups excluding carboxylic acids is 1. The molecule has 0 saturated carbocycles. The lowest BCUT2D eigenvalue weighted by Crippen LogP contribution is -2.50. The molecule has 1 fully saturated rings. The van der Waals surface area contributed by atoms with Crippen molar-refractivity contribution in [2.75, 3.05) is 12.0 Å². The van der Waals surface area contributed by atoms with Crippen molar-refractivity contribution < 1.29 is 9.53 Å². The van der Waals surface area contributed by atoms with Gasteiger partial charge in [-0.2, -0.15) is 0 Å². The maximum atomic E-state index is 13.1. The van der Waals surface area contributed by atoms with E-state index >= 15 is 0 Å². The quantitative estimate of drug-likeness (QED) is 0.332. The van der Waals surface area contributed by atoms with Gasteiger partial charge in [-0.25, -0.2) is 0 Å². The summed E-state index contributed by atoms with van der Waals surface area (Å²) in [5, 5.41) is 0. The Kier molecular flexibility index (Phi) is 5.25. The largest absolute Gasteiger partial charge is 0.497 e. The lowest BCUT2D eigenvalue weighted by Gasteiger charge is -2.44. The number of ether oxygens (including phenoxy) is 1. The van der Waals surface area contributed by atoms with E-state index in [9.17, 15) is 4.79 Å². The molecule has 0 N–H and O–H groups in total. The number of benzene rings is 3. The molecule has 3 aromatic carbocycles. The average molecular weight is 382 g/mol. The minimum atomic E-state index is -0.140. The van der Waals surface area contributed by atoms with Gasteiger partial charge in [0.05, 0.1) is 18.8 Å². The molecule has 4 heteroatoms. The molecule has 1 heterocycles. The third-order valence-electron chi connectivity index (χ3n) is 5.04. The second-order valence-electron chi connectivity index (χ2n) is 6.88. The van der Waals surface area contributed by atoms with E-state index in [2.05, 4.69) is 17.1 Å². The highest BCUT2D eigenvalue weighted by molar-refractivity contribution is 6.18. The lowest BCUT2D eigenvalue weighted by atomic mass is 9.84. The molecule has 1 amide bonds. The molecule has 4 rings (SSSR count). The minimum absolute atomic E-state index is 0.000955. The van der Waals surface area contributed by atoms with E-state index < -0.39 is 0 Å². The number of allylic oxidation sites excluding steroid dienone is 1. The van der Waals surface area contributed by atoms with Crippen LogP contribution >= 0.6 is 0 Å². The predicted octanol–water partition coefficient (Wildman–Crippen LogP) is 5.50. The molecule has 1 aliphatic rings. The fraction of sp³-hybridized carbons (Fsp3) is 0.120. The van der Waals surface area contributed by atoms with Crippen LogP contribution in [0.2, 0.25) is 0 Å². The van der Waals surface area contributed by atoms with Gasteiger partial charge in [0.15, 0.2) is 0 Å². The zero-order valence-corrected chi connectivity index (χ0v) is 16.4. The van der Waals surface area contributed by atoms with Crippen LogP contribution in [-0.4, -0.2) is 19.2 Å². The number of methoxy groups -OCH3 is 1. The van der Waals surface area contributed by atoms with Crippen LogP contribution in [0.1, 0.15) is 18.5 Å². The van der Waals surface area contributed by atoms with E-state index in [1.807, 2.05) is 84.6 Å². The van der Waals surface area contributed by atoms with Crippen molar-refractivity contribution in [3.63, 3.8) is 0 Å². The van der Waals surface area contributed by atoms with Crippen molar-refractivity contribution in [3.8, 4) is 5.75 Å². The van der Waals surface area contributed by atoms with Gasteiger partial charge in [-0.1, -0.05) is 48.5 Å². The Labute approximate surface area is 170 Å². The summed E-state index contributed by atoms with van der Waals surface area (Å²) in [6.45, 7) is 1.95. The van der Waals surface area contributed by atoms with Gasteiger partial charge in [-0.3, -0.25) is 14.7 Å². The molecule has 0 aliphatic carbocycles. The molecule has 0 radical (unpaired) electrons. The first kappa shape index (κ1) is 18.7. The van der Waals surface area contributed by atoms with E-state index in [4.69, 9.17) is 4.74 Å². The summed E-state index contributed by atoms with van der Waals surface area (Å²) >= 11 is 0. The molecule has 0 spiro atoms. The van der Waals surface area contributed by atoms with Crippen molar-refractivity contribution in [1.82, 2.24) is 0 Å². The second kappa shape index (κ2) is 8.15. The van der Waals surface area contributed by atoms with Gasteiger partial charge in [0.25, 0.3) is 5.91 Å². The maximum Gasteiger partial charge on any atom is 0.257 e. The summed E-state index contributed by atoms with van der Waals surface area (Å²) in [6.07, 6.45) is 1.78. The van der Waals surface area contributed by atoms with Gasteiger partial charge in [0, 0.05) is 17.5 Å². The normalized spacial score (nSPS) is 17.9. The molecule has 1 aliphatic heterocycles. The number of amides is 1. The third kappa shape index (κ3) is 3.69. The zero-order valence-electron chi connectivity index (χ0n) is 16.4. The second-order valence-corrected chi connectivity index (χ2v) is 6.88. The van der Waals surface area contributed by atoms with Crippen LogP contribution in [-0.2, 0) is 4.79 Å². The Morgan fingerprint density at radius 2 is 1.55 bits per heavy atom. The number of aliphatic imine (C=N–C) groups is 1. The molecular weight excluding hydrogens is 360 g/mol. The van der Waals surface area contributed by atoms with E-state index in [0.717, 1.165) is 33.8 Å². The number of hydrogen-bond donors (Lipinski definition) is 0. The number of hydrogen-bond acceptors (Lipinski definition) is 3. The van der Waals surface area contributed by atoms with Crippen LogP contribution in [0, 0.1) is 0 Å². The summed E-state index contributed by atoms with van der Waals surface area (Å²) in [5.41, 5.74) is 4.43. The van der Waals surface area contributed by atoms with Crippen molar-refractivity contribution in [1.29, 1.82) is 0 Å². The summed E-state index contributed by atoms with van der Waals surface area (Å²) in [6, 6.07) is 27.2. The van der Waals surface area contributed by atoms with Crippen LogP contribution in [0.15, 0.2) is 101 Å². The number of carbonyl (C=O) groups is 1. The molecule has 0 aromatic heterocycles. The Morgan fingerprint density at radius 1 is 0.931 bits per heavy atom. The number of β-lactam (4-membered cyclic amide) rings is 1. The van der Waals surface area contributed by atoms with Gasteiger partial charge in [-0.05, 0) is 54.5 Å². The Balaban J connectivity index is 1.71. The first-order valence-corrected chi connectivity index (χ1v) is 9.51. The number of para-hydroxylation sites is 1. The first-order chi connectivity index (χ1) is 14.2. The number of rotatable bonds is 5. The van der Waals surface area contributed by atoms with E-state index in [1.54, 1.807) is 13.3 Å². The molecule has 1 unspecified atom stereocenters. The minimum Gasteiger partial charge on any atom is -0.497 e. The molecule has 4 nitrogen and oxygen atoms in total. The van der Waals surface area contributed by atoms with E-state index in [-0.39, 0.29) is 11.9 Å². The molecule has 3 aromatic rings. The van der Waals surface area contributed by atoms with E-state index in [1.165, 1.54) is 0 Å². The van der Waals surface area contributed by atoms with Gasteiger partial charge in [0.1, 0.15) is 5.75 Å². The summed E-state index contributed by atoms with van der Waals surface area (Å²) in [5.74, 6) is 0.765. The highest BCUT2D eigenvalue weighted by Gasteiger charge is 2.44. The smallest absolute Gasteiger partial charge is 0.257 e. The Hall–Kier alpha value is -3.66. The maximum absolute atomic E-state index is 13.1. The number of nitrogens with zero attached hydrogens (tertiary/aromatic N) is 2. The predicted molar refractivity (Wildman–Crippen MR) is 117 cm³/mol. The molecular formula is C25H22N2O2. The standard InChI is InChI=1S/C25H22N2O2/c1-18(17-26-20-11-7-4-8-12-20)23-24(19-9-5-3-6-10-19)27(25(23)28)21-13-15-22(29-2)16-14-21/h3-17,24H,1-2H3/b23-18+,26-17?. The van der Waals surface area contributed by atoms with Gasteiger partial charge >= 0.3 is 0 Å². The fourth-order valence-electron chi connectivity index (χ4n) is 3.53. The molecule has 144 valence electrons. The van der Waals surface area contributed by atoms with Crippen LogP contribution in [0.3, 0.4) is 0 Å². The number of anilines is 1. The first-order valence-electron chi connectivity index (χ1n) is 9.51. The lowest BCUT2D eigenvalue weighted by molar-refractivity contribution is -0.119. The van der Waals surface area contributed by atoms with Crippen molar-refractivity contribution in [2.24, 2.45) is 4.99 Å². The third-order valence-corrected chi connectivity index (χ3v) is 5.04. The monoisotopic (exact) mass is 382 g/mol. The highest BCUT2D eigenvalue weighted by atomic mass is 16.5. The summed E-state index contributed by atoms with van der Waals surface area (Å²) in [7, 11) is 1.63. The van der Waals surface area contributed by atoms with Crippen LogP contribution in [0.4, 0.5) is 11.4 Å². The Bertz CT molecular complexity index is 1050. The fourth-order valence-corrected chi connectivity index (χ4v) is 3.53. The van der Waals surface area contributed by atoms with Crippen molar-refractivity contribution in [3.05, 3.63) is 102 Å². The zero-order chi connectivity index (χ0) is 20.2. The van der Waals surface area contributed by atoms with Gasteiger partial charge in [0.2, 0.25) is 0 Å². The van der Waals surface area contributed by atoms with Gasteiger partial charge in [-0.15, -0.1) is 0 Å². The molecule has 1 atom stereocenters.